The van der Waals surface area contributed by atoms with Crippen LogP contribution in [0.4, 0.5) is 8.78 Å². The molecule has 2 aliphatic carbocycles. The highest BCUT2D eigenvalue weighted by Gasteiger charge is 2.42. The van der Waals surface area contributed by atoms with E-state index in [1.54, 1.807) is 13.8 Å². The normalized spacial score (nSPS) is 26.1. The first-order valence-electron chi connectivity index (χ1n) is 9.83. The monoisotopic (exact) mass is 378 g/mol. The van der Waals surface area contributed by atoms with Crippen molar-refractivity contribution in [1.82, 2.24) is 10.6 Å². The zero-order chi connectivity index (χ0) is 19.7. The van der Waals surface area contributed by atoms with E-state index in [9.17, 15) is 18.4 Å². The number of carbonyl (C=O) groups is 2. The number of rotatable bonds is 6. The Labute approximate surface area is 159 Å². The lowest BCUT2D eigenvalue weighted by molar-refractivity contribution is -0.125. The van der Waals surface area contributed by atoms with E-state index in [4.69, 9.17) is 0 Å². The molecule has 0 spiro atoms. The SMILES string of the molecule is CC(C)[C@@H](NC(=O)c1c(F)cccc1F)C(=O)N[C@H](C)[C@@H]1C[C@@H]2CC[C@@H]1C2. The minimum atomic E-state index is -0.939. The smallest absolute Gasteiger partial charge is 0.257 e. The van der Waals surface area contributed by atoms with Crippen molar-refractivity contribution in [3.05, 3.63) is 35.4 Å². The molecule has 148 valence electrons. The Morgan fingerprint density at radius 2 is 1.70 bits per heavy atom. The lowest BCUT2D eigenvalue weighted by Gasteiger charge is -2.31. The molecule has 3 rings (SSSR count). The summed E-state index contributed by atoms with van der Waals surface area (Å²) < 4.78 is 27.7. The summed E-state index contributed by atoms with van der Waals surface area (Å²) in [4.78, 5) is 25.2. The molecule has 4 nitrogen and oxygen atoms in total. The van der Waals surface area contributed by atoms with Crippen LogP contribution in [-0.4, -0.2) is 23.9 Å². The van der Waals surface area contributed by atoms with Crippen LogP contribution in [-0.2, 0) is 4.79 Å². The average molecular weight is 378 g/mol. The van der Waals surface area contributed by atoms with Gasteiger partial charge in [-0.05, 0) is 62.0 Å². The van der Waals surface area contributed by atoms with Crippen molar-refractivity contribution in [3.8, 4) is 0 Å². The summed E-state index contributed by atoms with van der Waals surface area (Å²) >= 11 is 0. The molecule has 2 amide bonds. The molecular weight excluding hydrogens is 350 g/mol. The van der Waals surface area contributed by atoms with E-state index in [-0.39, 0.29) is 17.9 Å². The predicted molar refractivity (Wildman–Crippen MR) is 99.0 cm³/mol. The molecule has 1 aromatic rings. The highest BCUT2D eigenvalue weighted by molar-refractivity contribution is 5.98. The maximum atomic E-state index is 13.9. The van der Waals surface area contributed by atoms with Gasteiger partial charge >= 0.3 is 0 Å². The van der Waals surface area contributed by atoms with Gasteiger partial charge in [-0.3, -0.25) is 9.59 Å². The third kappa shape index (κ3) is 4.14. The van der Waals surface area contributed by atoms with Crippen LogP contribution in [0, 0.1) is 35.3 Å². The molecule has 2 fully saturated rings. The van der Waals surface area contributed by atoms with Crippen molar-refractivity contribution >= 4 is 11.8 Å². The van der Waals surface area contributed by atoms with Gasteiger partial charge in [0.25, 0.3) is 5.91 Å². The molecule has 27 heavy (non-hydrogen) atoms. The number of fused-ring (bicyclic) bond motifs is 2. The highest BCUT2D eigenvalue weighted by atomic mass is 19.1. The molecule has 2 N–H and O–H groups in total. The zero-order valence-electron chi connectivity index (χ0n) is 16.1. The fraction of sp³-hybridized carbons (Fsp3) is 0.619. The summed E-state index contributed by atoms with van der Waals surface area (Å²) in [5, 5.41) is 5.55. The van der Waals surface area contributed by atoms with Gasteiger partial charge < -0.3 is 10.6 Å². The van der Waals surface area contributed by atoms with Gasteiger partial charge in [0.05, 0.1) is 0 Å². The van der Waals surface area contributed by atoms with E-state index in [0.29, 0.717) is 11.8 Å². The second kappa shape index (κ2) is 7.95. The van der Waals surface area contributed by atoms with Gasteiger partial charge in [0.15, 0.2) is 0 Å². The number of halogens is 2. The molecular formula is C21H28F2N2O2. The molecule has 0 saturated heterocycles. The van der Waals surface area contributed by atoms with Crippen LogP contribution in [0.5, 0.6) is 0 Å². The topological polar surface area (TPSA) is 58.2 Å². The molecule has 0 aromatic heterocycles. The van der Waals surface area contributed by atoms with E-state index in [0.717, 1.165) is 24.5 Å². The Morgan fingerprint density at radius 3 is 2.22 bits per heavy atom. The maximum Gasteiger partial charge on any atom is 0.257 e. The predicted octanol–water partition coefficient (Wildman–Crippen LogP) is 3.66. The summed E-state index contributed by atoms with van der Waals surface area (Å²) in [5.74, 6) is -1.38. The van der Waals surface area contributed by atoms with Crippen molar-refractivity contribution in [1.29, 1.82) is 0 Å². The Morgan fingerprint density at radius 1 is 1.04 bits per heavy atom. The Kier molecular flexibility index (Phi) is 5.82. The van der Waals surface area contributed by atoms with Gasteiger partial charge in [-0.2, -0.15) is 0 Å². The van der Waals surface area contributed by atoms with Gasteiger partial charge in [0, 0.05) is 6.04 Å². The van der Waals surface area contributed by atoms with Gasteiger partial charge in [0.2, 0.25) is 5.91 Å². The summed E-state index contributed by atoms with van der Waals surface area (Å²) in [6.45, 7) is 5.61. The molecule has 0 unspecified atom stereocenters. The van der Waals surface area contributed by atoms with E-state index >= 15 is 0 Å². The summed E-state index contributed by atoms with van der Waals surface area (Å²) in [6, 6.07) is 2.43. The number of hydrogen-bond acceptors (Lipinski definition) is 2. The largest absolute Gasteiger partial charge is 0.352 e. The van der Waals surface area contributed by atoms with Crippen molar-refractivity contribution < 1.29 is 18.4 Å². The van der Waals surface area contributed by atoms with Gasteiger partial charge in [-0.1, -0.05) is 26.3 Å². The third-order valence-electron chi connectivity index (χ3n) is 6.23. The fourth-order valence-electron chi connectivity index (χ4n) is 4.79. The van der Waals surface area contributed by atoms with Crippen molar-refractivity contribution in [2.24, 2.45) is 23.7 Å². The quantitative estimate of drug-likeness (QED) is 0.794. The summed E-state index contributed by atoms with van der Waals surface area (Å²) in [5.41, 5.74) is -0.655. The lowest BCUT2D eigenvalue weighted by Crippen LogP contribution is -2.53. The van der Waals surface area contributed by atoms with E-state index in [2.05, 4.69) is 10.6 Å². The van der Waals surface area contributed by atoms with Gasteiger partial charge in [-0.25, -0.2) is 8.78 Å². The highest BCUT2D eigenvalue weighted by Crippen LogP contribution is 2.49. The van der Waals surface area contributed by atoms with Gasteiger partial charge in [0.1, 0.15) is 23.2 Å². The number of amides is 2. The molecule has 2 bridgehead atoms. The number of carbonyl (C=O) groups excluding carboxylic acids is 2. The summed E-state index contributed by atoms with van der Waals surface area (Å²) in [7, 11) is 0. The van der Waals surface area contributed by atoms with Gasteiger partial charge in [-0.15, -0.1) is 0 Å². The Hall–Kier alpha value is -1.98. The van der Waals surface area contributed by atoms with E-state index < -0.39 is 29.1 Å². The first-order chi connectivity index (χ1) is 12.8. The summed E-state index contributed by atoms with van der Waals surface area (Å²) in [6.07, 6.45) is 4.92. The van der Waals surface area contributed by atoms with Crippen molar-refractivity contribution in [2.45, 2.75) is 58.5 Å². The first-order valence-corrected chi connectivity index (χ1v) is 9.83. The molecule has 2 saturated carbocycles. The number of nitrogens with one attached hydrogen (secondary N) is 2. The fourth-order valence-corrected chi connectivity index (χ4v) is 4.79. The first kappa shape index (κ1) is 19.8. The van der Waals surface area contributed by atoms with E-state index in [1.807, 2.05) is 6.92 Å². The minimum Gasteiger partial charge on any atom is -0.352 e. The Bertz CT molecular complexity index is 702. The van der Waals surface area contributed by atoms with Crippen molar-refractivity contribution in [3.63, 3.8) is 0 Å². The average Bonchev–Trinajstić information content (AvgIpc) is 3.22. The Balaban J connectivity index is 1.66. The maximum absolute atomic E-state index is 13.9. The van der Waals surface area contributed by atoms with Crippen LogP contribution in [0.25, 0.3) is 0 Å². The van der Waals surface area contributed by atoms with Crippen LogP contribution in [0.1, 0.15) is 56.8 Å². The molecule has 1 aromatic carbocycles. The van der Waals surface area contributed by atoms with Crippen LogP contribution in [0.3, 0.4) is 0 Å². The molecule has 0 heterocycles. The zero-order valence-corrected chi connectivity index (χ0v) is 16.1. The van der Waals surface area contributed by atoms with Crippen LogP contribution >= 0.6 is 0 Å². The molecule has 2 aliphatic rings. The standard InChI is InChI=1S/C21H28F2N2O2/c1-11(2)19(25-20(26)18-16(22)5-4-6-17(18)23)21(27)24-12(3)15-10-13-7-8-14(15)9-13/h4-6,11-15,19H,7-10H2,1-3H3,(H,24,27)(H,25,26)/t12-,13-,14-,15+,19-/m1/s1. The van der Waals surface area contributed by atoms with Crippen LogP contribution in [0.15, 0.2) is 18.2 Å². The second-order valence-electron chi connectivity index (χ2n) is 8.43. The lowest BCUT2D eigenvalue weighted by atomic mass is 9.84. The second-order valence-corrected chi connectivity index (χ2v) is 8.43. The minimum absolute atomic E-state index is 0.0242. The molecule has 5 atom stereocenters. The molecule has 0 aliphatic heterocycles. The molecule has 0 radical (unpaired) electrons. The molecule has 6 heteroatoms. The van der Waals surface area contributed by atoms with Crippen LogP contribution < -0.4 is 10.6 Å². The van der Waals surface area contributed by atoms with Crippen LogP contribution in [0.2, 0.25) is 0 Å². The van der Waals surface area contributed by atoms with Crippen molar-refractivity contribution in [2.75, 3.05) is 0 Å². The number of benzene rings is 1. The van der Waals surface area contributed by atoms with E-state index in [1.165, 1.54) is 25.3 Å². The third-order valence-corrected chi connectivity index (χ3v) is 6.23. The number of hydrogen-bond donors (Lipinski definition) is 2.